The number of hydrogen-bond acceptors (Lipinski definition) is 5. The molecule has 96 valence electrons. The molecular formula is C12H22N4O. The minimum Gasteiger partial charge on any atom is -0.340 e. The average Bonchev–Trinajstić information content (AvgIpc) is 2.73. The lowest BCUT2D eigenvalue weighted by molar-refractivity contribution is 0.125. The van der Waals surface area contributed by atoms with Crippen LogP contribution in [-0.4, -0.2) is 47.3 Å². The molecule has 1 aliphatic heterocycles. The maximum atomic E-state index is 4.99. The van der Waals surface area contributed by atoms with Crippen LogP contribution in [0.3, 0.4) is 0 Å². The molecule has 17 heavy (non-hydrogen) atoms. The van der Waals surface area contributed by atoms with Gasteiger partial charge >= 0.3 is 0 Å². The highest BCUT2D eigenvalue weighted by atomic mass is 16.5. The molecular weight excluding hydrogens is 216 g/mol. The smallest absolute Gasteiger partial charge is 0.223 e. The molecule has 2 rings (SSSR count). The molecule has 0 aliphatic carbocycles. The Labute approximate surface area is 103 Å². The molecule has 1 atom stereocenters. The lowest BCUT2D eigenvalue weighted by Crippen LogP contribution is -2.54. The van der Waals surface area contributed by atoms with Gasteiger partial charge in [-0.25, -0.2) is 0 Å². The Balaban J connectivity index is 1.88. The van der Waals surface area contributed by atoms with Crippen LogP contribution in [0.1, 0.15) is 25.6 Å². The van der Waals surface area contributed by atoms with E-state index in [1.165, 1.54) is 0 Å². The van der Waals surface area contributed by atoms with Crippen LogP contribution in [0, 0.1) is 12.8 Å². The van der Waals surface area contributed by atoms with E-state index < -0.39 is 0 Å². The van der Waals surface area contributed by atoms with Gasteiger partial charge in [0, 0.05) is 45.6 Å². The second-order valence-electron chi connectivity index (χ2n) is 5.03. The quantitative estimate of drug-likeness (QED) is 0.843. The van der Waals surface area contributed by atoms with E-state index in [0.29, 0.717) is 17.9 Å². The van der Waals surface area contributed by atoms with Crippen LogP contribution >= 0.6 is 0 Å². The monoisotopic (exact) mass is 238 g/mol. The van der Waals surface area contributed by atoms with Crippen molar-refractivity contribution >= 4 is 0 Å². The van der Waals surface area contributed by atoms with Crippen molar-refractivity contribution in [3.8, 4) is 0 Å². The lowest BCUT2D eigenvalue weighted by atomic mass is 10.0. The predicted octanol–water partition coefficient (Wildman–Crippen LogP) is 0.850. The second-order valence-corrected chi connectivity index (χ2v) is 5.03. The van der Waals surface area contributed by atoms with E-state index in [2.05, 4.69) is 34.2 Å². The maximum absolute atomic E-state index is 4.99. The highest BCUT2D eigenvalue weighted by Crippen LogP contribution is 2.13. The van der Waals surface area contributed by atoms with E-state index in [1.54, 1.807) is 0 Å². The summed E-state index contributed by atoms with van der Waals surface area (Å²) in [6.45, 7) is 10.7. The Hall–Kier alpha value is -0.940. The zero-order chi connectivity index (χ0) is 12.3. The summed E-state index contributed by atoms with van der Waals surface area (Å²) in [5, 5.41) is 7.40. The van der Waals surface area contributed by atoms with Crippen molar-refractivity contribution in [2.75, 3.05) is 26.2 Å². The topological polar surface area (TPSA) is 54.2 Å². The molecule has 1 unspecified atom stereocenters. The third-order valence-electron chi connectivity index (χ3n) is 3.36. The number of nitrogens with one attached hydrogen (secondary N) is 1. The normalized spacial score (nSPS) is 22.2. The van der Waals surface area contributed by atoms with Gasteiger partial charge in [0.2, 0.25) is 5.89 Å². The molecule has 0 aromatic carbocycles. The third kappa shape index (κ3) is 3.26. The van der Waals surface area contributed by atoms with Crippen LogP contribution in [0.2, 0.25) is 0 Å². The van der Waals surface area contributed by atoms with Crippen LogP contribution in [0.15, 0.2) is 4.52 Å². The molecule has 1 fully saturated rings. The number of piperazine rings is 1. The van der Waals surface area contributed by atoms with Gasteiger partial charge in [0.1, 0.15) is 0 Å². The van der Waals surface area contributed by atoms with Gasteiger partial charge in [0.05, 0.1) is 0 Å². The molecule has 1 aliphatic rings. The first kappa shape index (κ1) is 12.5. The summed E-state index contributed by atoms with van der Waals surface area (Å²) in [7, 11) is 0. The van der Waals surface area contributed by atoms with E-state index in [0.717, 1.165) is 38.4 Å². The van der Waals surface area contributed by atoms with Crippen molar-refractivity contribution in [3.63, 3.8) is 0 Å². The second kappa shape index (κ2) is 5.60. The lowest BCUT2D eigenvalue weighted by Gasteiger charge is -2.38. The third-order valence-corrected chi connectivity index (χ3v) is 3.36. The van der Waals surface area contributed by atoms with Gasteiger partial charge in [0.25, 0.3) is 0 Å². The van der Waals surface area contributed by atoms with E-state index in [4.69, 9.17) is 4.52 Å². The van der Waals surface area contributed by atoms with E-state index in [-0.39, 0.29) is 0 Å². The Morgan fingerprint density at radius 1 is 1.53 bits per heavy atom. The van der Waals surface area contributed by atoms with E-state index in [9.17, 15) is 0 Å². The first-order valence-electron chi connectivity index (χ1n) is 6.41. The Kier molecular flexibility index (Phi) is 4.12. The number of nitrogens with zero attached hydrogens (tertiary/aromatic N) is 3. The van der Waals surface area contributed by atoms with E-state index in [1.807, 2.05) is 6.92 Å². The maximum Gasteiger partial charge on any atom is 0.223 e. The molecule has 0 saturated carbocycles. The van der Waals surface area contributed by atoms with Crippen molar-refractivity contribution in [3.05, 3.63) is 11.7 Å². The molecule has 1 aromatic rings. The van der Waals surface area contributed by atoms with Gasteiger partial charge in [-0.15, -0.1) is 0 Å². The summed E-state index contributed by atoms with van der Waals surface area (Å²) in [4.78, 5) is 6.78. The summed E-state index contributed by atoms with van der Waals surface area (Å²) in [6.07, 6.45) is 0.876. The van der Waals surface area contributed by atoms with Gasteiger partial charge in [-0.05, 0) is 5.92 Å². The molecule has 0 radical (unpaired) electrons. The first-order valence-corrected chi connectivity index (χ1v) is 6.41. The number of rotatable bonds is 4. The highest BCUT2D eigenvalue weighted by molar-refractivity contribution is 4.88. The molecule has 0 spiro atoms. The van der Waals surface area contributed by atoms with Gasteiger partial charge < -0.3 is 9.84 Å². The summed E-state index contributed by atoms with van der Waals surface area (Å²) in [6, 6.07) is 0.622. The molecule has 5 heteroatoms. The van der Waals surface area contributed by atoms with Crippen molar-refractivity contribution in [2.45, 2.75) is 33.2 Å². The van der Waals surface area contributed by atoms with E-state index >= 15 is 0 Å². The summed E-state index contributed by atoms with van der Waals surface area (Å²) in [5.41, 5.74) is 0. The molecule has 1 N–H and O–H groups in total. The minimum absolute atomic E-state index is 0.622. The fourth-order valence-electron chi connectivity index (χ4n) is 2.39. The van der Waals surface area contributed by atoms with Crippen molar-refractivity contribution < 1.29 is 4.52 Å². The SMILES string of the molecule is Cc1nc(CCN2CCNCC2C(C)C)no1. The zero-order valence-corrected chi connectivity index (χ0v) is 10.9. The van der Waals surface area contributed by atoms with Crippen LogP contribution in [0.25, 0.3) is 0 Å². The first-order chi connectivity index (χ1) is 8.16. The molecule has 1 saturated heterocycles. The molecule has 0 amide bonds. The predicted molar refractivity (Wildman–Crippen MR) is 65.8 cm³/mol. The van der Waals surface area contributed by atoms with Crippen molar-refractivity contribution in [1.82, 2.24) is 20.4 Å². The standard InChI is InChI=1S/C12H22N4O/c1-9(2)11-8-13-5-7-16(11)6-4-12-14-10(3)17-15-12/h9,11,13H,4-8H2,1-3H3. The minimum atomic E-state index is 0.622. The Morgan fingerprint density at radius 3 is 3.00 bits per heavy atom. The fraction of sp³-hybridized carbons (Fsp3) is 0.833. The highest BCUT2D eigenvalue weighted by Gasteiger charge is 2.24. The number of aromatic nitrogens is 2. The Bertz CT molecular complexity index is 350. The molecule has 2 heterocycles. The summed E-state index contributed by atoms with van der Waals surface area (Å²) >= 11 is 0. The van der Waals surface area contributed by atoms with Gasteiger partial charge in [-0.3, -0.25) is 4.90 Å². The summed E-state index contributed by atoms with van der Waals surface area (Å²) < 4.78 is 4.99. The molecule has 1 aromatic heterocycles. The van der Waals surface area contributed by atoms with Crippen LogP contribution in [0.5, 0.6) is 0 Å². The summed E-state index contributed by atoms with van der Waals surface area (Å²) in [5.74, 6) is 2.15. The number of aryl methyl sites for hydroxylation is 1. The van der Waals surface area contributed by atoms with Crippen molar-refractivity contribution in [2.24, 2.45) is 5.92 Å². The average molecular weight is 238 g/mol. The molecule has 5 nitrogen and oxygen atoms in total. The molecule has 0 bridgehead atoms. The largest absolute Gasteiger partial charge is 0.340 e. The van der Waals surface area contributed by atoms with Crippen LogP contribution in [0.4, 0.5) is 0 Å². The fourth-order valence-corrected chi connectivity index (χ4v) is 2.39. The Morgan fingerprint density at radius 2 is 2.35 bits per heavy atom. The van der Waals surface area contributed by atoms with Crippen LogP contribution < -0.4 is 5.32 Å². The number of hydrogen-bond donors (Lipinski definition) is 1. The van der Waals surface area contributed by atoms with Gasteiger partial charge in [-0.1, -0.05) is 19.0 Å². The van der Waals surface area contributed by atoms with Crippen LogP contribution in [-0.2, 0) is 6.42 Å². The van der Waals surface area contributed by atoms with Gasteiger partial charge in [0.15, 0.2) is 5.82 Å². The van der Waals surface area contributed by atoms with Gasteiger partial charge in [-0.2, -0.15) is 4.98 Å². The zero-order valence-electron chi connectivity index (χ0n) is 10.9. The van der Waals surface area contributed by atoms with Crippen molar-refractivity contribution in [1.29, 1.82) is 0 Å².